The molecule has 1 aliphatic carbocycles. The Morgan fingerprint density at radius 3 is 2.88 bits per heavy atom. The van der Waals surface area contributed by atoms with E-state index in [0.717, 1.165) is 25.0 Å². The number of amides is 2. The van der Waals surface area contributed by atoms with Crippen LogP contribution in [0.2, 0.25) is 0 Å². The van der Waals surface area contributed by atoms with Crippen LogP contribution in [-0.4, -0.2) is 36.5 Å². The summed E-state index contributed by atoms with van der Waals surface area (Å²) in [6.45, 7) is 0.0941. The minimum absolute atomic E-state index is 0.0941. The zero-order valence-electron chi connectivity index (χ0n) is 14.7. The van der Waals surface area contributed by atoms with Crippen molar-refractivity contribution in [1.29, 1.82) is 0 Å². The summed E-state index contributed by atoms with van der Waals surface area (Å²) in [5.41, 5.74) is 3.26. The molecule has 0 unspecified atom stereocenters. The van der Waals surface area contributed by atoms with E-state index in [4.69, 9.17) is 4.74 Å². The van der Waals surface area contributed by atoms with Crippen molar-refractivity contribution >= 4 is 17.5 Å². The van der Waals surface area contributed by atoms with Gasteiger partial charge in [-0.05, 0) is 49.4 Å². The normalized spacial score (nSPS) is 19.0. The van der Waals surface area contributed by atoms with Gasteiger partial charge in [-0.1, -0.05) is 18.2 Å². The number of rotatable bonds is 2. The van der Waals surface area contributed by atoms with Crippen molar-refractivity contribution < 1.29 is 14.3 Å². The van der Waals surface area contributed by atoms with E-state index in [1.807, 2.05) is 30.3 Å². The molecule has 26 heavy (non-hydrogen) atoms. The molecular weight excluding hydrogens is 330 g/mol. The highest BCUT2D eigenvalue weighted by atomic mass is 16.5. The predicted molar refractivity (Wildman–Crippen MR) is 97.5 cm³/mol. The monoisotopic (exact) mass is 351 g/mol. The van der Waals surface area contributed by atoms with E-state index in [9.17, 15) is 9.59 Å². The van der Waals surface area contributed by atoms with Gasteiger partial charge in [0.2, 0.25) is 0 Å². The molecule has 2 amide bonds. The SMILES string of the molecule is CN1C(=O)[C@@H](NC(=O)c2ccc3c(n2)CCCC3)COc2ccccc21. The minimum Gasteiger partial charge on any atom is -0.489 e. The number of likely N-dealkylation sites (N-methyl/N-ethyl adjacent to an activating group) is 1. The zero-order valence-corrected chi connectivity index (χ0v) is 14.7. The van der Waals surface area contributed by atoms with Crippen molar-refractivity contribution in [3.8, 4) is 5.75 Å². The van der Waals surface area contributed by atoms with Crippen LogP contribution in [0.3, 0.4) is 0 Å². The molecule has 1 atom stereocenters. The fraction of sp³-hybridized carbons (Fsp3) is 0.350. The summed E-state index contributed by atoms with van der Waals surface area (Å²) in [5.74, 6) is 0.0768. The Morgan fingerprint density at radius 2 is 2.00 bits per heavy atom. The Balaban J connectivity index is 1.52. The smallest absolute Gasteiger partial charge is 0.270 e. The Kier molecular flexibility index (Phi) is 4.32. The lowest BCUT2D eigenvalue weighted by molar-refractivity contribution is -0.120. The lowest BCUT2D eigenvalue weighted by Gasteiger charge is -2.20. The molecular formula is C20H21N3O3. The predicted octanol–water partition coefficient (Wildman–Crippen LogP) is 2.11. The average Bonchev–Trinajstić information content (AvgIpc) is 2.80. The third kappa shape index (κ3) is 3.03. The zero-order chi connectivity index (χ0) is 18.1. The topological polar surface area (TPSA) is 71.5 Å². The summed E-state index contributed by atoms with van der Waals surface area (Å²) in [5, 5.41) is 2.78. The average molecular weight is 351 g/mol. The fourth-order valence-corrected chi connectivity index (χ4v) is 3.50. The second-order valence-electron chi connectivity index (χ2n) is 6.71. The molecule has 0 radical (unpaired) electrons. The van der Waals surface area contributed by atoms with Gasteiger partial charge in [-0.15, -0.1) is 0 Å². The number of pyridine rings is 1. The third-order valence-electron chi connectivity index (χ3n) is 4.98. The van der Waals surface area contributed by atoms with Gasteiger partial charge in [-0.2, -0.15) is 0 Å². The van der Waals surface area contributed by atoms with Crippen LogP contribution >= 0.6 is 0 Å². The molecule has 0 bridgehead atoms. The van der Waals surface area contributed by atoms with E-state index in [1.165, 1.54) is 16.9 Å². The minimum atomic E-state index is -0.752. The summed E-state index contributed by atoms with van der Waals surface area (Å²) in [4.78, 5) is 31.4. The number of anilines is 1. The molecule has 6 nitrogen and oxygen atoms in total. The largest absolute Gasteiger partial charge is 0.489 e. The van der Waals surface area contributed by atoms with E-state index in [-0.39, 0.29) is 18.4 Å². The second-order valence-corrected chi connectivity index (χ2v) is 6.71. The van der Waals surface area contributed by atoms with Crippen LogP contribution < -0.4 is 15.0 Å². The number of benzene rings is 1. The second kappa shape index (κ2) is 6.78. The molecule has 2 aliphatic rings. The number of fused-ring (bicyclic) bond motifs is 2. The number of carbonyl (C=O) groups is 2. The highest BCUT2D eigenvalue weighted by Crippen LogP contribution is 2.29. The van der Waals surface area contributed by atoms with Gasteiger partial charge in [0.25, 0.3) is 11.8 Å². The molecule has 0 saturated heterocycles. The molecule has 4 rings (SSSR count). The van der Waals surface area contributed by atoms with Gasteiger partial charge in [0.15, 0.2) is 0 Å². The van der Waals surface area contributed by atoms with Crippen LogP contribution in [0.5, 0.6) is 5.75 Å². The number of ether oxygens (including phenoxy) is 1. The Bertz CT molecular complexity index is 865. The van der Waals surface area contributed by atoms with Gasteiger partial charge in [0.05, 0.1) is 5.69 Å². The van der Waals surface area contributed by atoms with Crippen LogP contribution in [-0.2, 0) is 17.6 Å². The van der Waals surface area contributed by atoms with Crippen LogP contribution in [0, 0.1) is 0 Å². The first-order chi connectivity index (χ1) is 12.6. The molecule has 2 heterocycles. The number of hydrogen-bond acceptors (Lipinski definition) is 4. The Labute approximate surface area is 152 Å². The third-order valence-corrected chi connectivity index (χ3v) is 4.98. The maximum Gasteiger partial charge on any atom is 0.270 e. The maximum atomic E-state index is 12.7. The van der Waals surface area contributed by atoms with E-state index in [1.54, 1.807) is 13.1 Å². The van der Waals surface area contributed by atoms with Crippen molar-refractivity contribution in [2.75, 3.05) is 18.6 Å². The number of hydrogen-bond donors (Lipinski definition) is 1. The fourth-order valence-electron chi connectivity index (χ4n) is 3.50. The quantitative estimate of drug-likeness (QED) is 0.900. The molecule has 1 aromatic heterocycles. The van der Waals surface area contributed by atoms with E-state index < -0.39 is 6.04 Å². The number of carbonyl (C=O) groups excluding carboxylic acids is 2. The summed E-state index contributed by atoms with van der Waals surface area (Å²) in [6, 6.07) is 10.3. The molecule has 1 aromatic carbocycles. The van der Waals surface area contributed by atoms with E-state index >= 15 is 0 Å². The number of aryl methyl sites for hydroxylation is 2. The summed E-state index contributed by atoms with van der Waals surface area (Å²) in [6.07, 6.45) is 4.19. The molecule has 0 spiro atoms. The van der Waals surface area contributed by atoms with Gasteiger partial charge in [0.1, 0.15) is 24.1 Å². The molecule has 0 fully saturated rings. The van der Waals surface area contributed by atoms with Crippen LogP contribution in [0.4, 0.5) is 5.69 Å². The van der Waals surface area contributed by atoms with Gasteiger partial charge in [-0.3, -0.25) is 9.59 Å². The van der Waals surface area contributed by atoms with Crippen LogP contribution in [0.1, 0.15) is 34.6 Å². The van der Waals surface area contributed by atoms with Gasteiger partial charge < -0.3 is 15.0 Å². The summed E-state index contributed by atoms with van der Waals surface area (Å²) >= 11 is 0. The first-order valence-corrected chi connectivity index (χ1v) is 8.92. The van der Waals surface area contributed by atoms with Crippen molar-refractivity contribution in [1.82, 2.24) is 10.3 Å². The Morgan fingerprint density at radius 1 is 1.19 bits per heavy atom. The van der Waals surface area contributed by atoms with Crippen LogP contribution in [0.15, 0.2) is 36.4 Å². The molecule has 1 N–H and O–H groups in total. The first-order valence-electron chi connectivity index (χ1n) is 8.92. The maximum absolute atomic E-state index is 12.7. The van der Waals surface area contributed by atoms with Gasteiger partial charge >= 0.3 is 0 Å². The lowest BCUT2D eigenvalue weighted by Crippen LogP contribution is -2.49. The van der Waals surface area contributed by atoms with E-state index in [2.05, 4.69) is 10.3 Å². The highest BCUT2D eigenvalue weighted by Gasteiger charge is 2.31. The molecule has 0 saturated carbocycles. The lowest BCUT2D eigenvalue weighted by atomic mass is 9.96. The van der Waals surface area contributed by atoms with Crippen molar-refractivity contribution in [3.63, 3.8) is 0 Å². The number of para-hydroxylation sites is 2. The Hall–Kier alpha value is -2.89. The number of nitrogens with one attached hydrogen (secondary N) is 1. The van der Waals surface area contributed by atoms with Crippen molar-refractivity contribution in [2.24, 2.45) is 0 Å². The van der Waals surface area contributed by atoms with Gasteiger partial charge in [0, 0.05) is 12.7 Å². The van der Waals surface area contributed by atoms with E-state index in [0.29, 0.717) is 17.1 Å². The number of nitrogens with zero attached hydrogens (tertiary/aromatic N) is 2. The molecule has 1 aliphatic heterocycles. The highest BCUT2D eigenvalue weighted by molar-refractivity contribution is 6.02. The van der Waals surface area contributed by atoms with Crippen molar-refractivity contribution in [3.05, 3.63) is 53.3 Å². The summed E-state index contributed by atoms with van der Waals surface area (Å²) in [7, 11) is 1.69. The van der Waals surface area contributed by atoms with Crippen molar-refractivity contribution in [2.45, 2.75) is 31.7 Å². The molecule has 134 valence electrons. The molecule has 6 heteroatoms. The van der Waals surface area contributed by atoms with Gasteiger partial charge in [-0.25, -0.2) is 4.98 Å². The first kappa shape index (κ1) is 16.6. The summed E-state index contributed by atoms with van der Waals surface area (Å²) < 4.78 is 5.73. The van der Waals surface area contributed by atoms with Crippen LogP contribution in [0.25, 0.3) is 0 Å². The number of aromatic nitrogens is 1. The molecule has 2 aromatic rings. The standard InChI is InChI=1S/C20H21N3O3/c1-23-17-8-4-5-9-18(17)26-12-16(20(23)25)22-19(24)15-11-10-13-6-2-3-7-14(13)21-15/h4-5,8-11,16H,2-3,6-7,12H2,1H3,(H,22,24)/t16-/m0/s1.